The van der Waals surface area contributed by atoms with Gasteiger partial charge in [0.25, 0.3) is 5.56 Å². The first-order chi connectivity index (χ1) is 13.5. The molecule has 4 rings (SSSR count). The first-order valence-electron chi connectivity index (χ1n) is 9.42. The third-order valence-corrected chi connectivity index (χ3v) is 5.17. The van der Waals surface area contributed by atoms with E-state index in [0.717, 1.165) is 28.9 Å². The number of aromatic nitrogens is 5. The normalized spacial score (nSPS) is 14.6. The van der Waals surface area contributed by atoms with Gasteiger partial charge in [0.05, 0.1) is 0 Å². The quantitative estimate of drug-likeness (QED) is 0.691. The molecule has 1 aliphatic heterocycles. The van der Waals surface area contributed by atoms with Gasteiger partial charge >= 0.3 is 5.69 Å². The summed E-state index contributed by atoms with van der Waals surface area (Å²) < 4.78 is 2.29. The number of aryl methyl sites for hydroxylation is 1. The minimum atomic E-state index is -0.477. The third kappa shape index (κ3) is 3.40. The molecule has 9 heteroatoms. The van der Waals surface area contributed by atoms with Gasteiger partial charge in [0.2, 0.25) is 0 Å². The molecule has 0 atom stereocenters. The van der Waals surface area contributed by atoms with Crippen LogP contribution in [-0.2, 0) is 14.1 Å². The Bertz CT molecular complexity index is 1110. The first kappa shape index (κ1) is 18.3. The number of hydrogen-bond donors (Lipinski definition) is 1. The lowest BCUT2D eigenvalue weighted by Crippen LogP contribution is -2.38. The zero-order valence-electron chi connectivity index (χ0n) is 16.1. The molecular weight excluding hydrogens is 358 g/mol. The van der Waals surface area contributed by atoms with E-state index in [1.165, 1.54) is 37.5 Å². The minimum Gasteiger partial charge on any atom is -0.384 e. The fraction of sp³-hybridized carbons (Fsp3) is 0.421. The first-order valence-corrected chi connectivity index (χ1v) is 9.42. The Hall–Kier alpha value is -3.07. The summed E-state index contributed by atoms with van der Waals surface area (Å²) >= 11 is 0. The molecule has 28 heavy (non-hydrogen) atoms. The van der Waals surface area contributed by atoms with Gasteiger partial charge in [0.1, 0.15) is 0 Å². The second kappa shape index (κ2) is 7.51. The lowest BCUT2D eigenvalue weighted by molar-refractivity contribution is 0.352. The van der Waals surface area contributed by atoms with E-state index >= 15 is 0 Å². The number of fused-ring (bicyclic) bond motifs is 1. The van der Waals surface area contributed by atoms with Crippen LogP contribution in [0, 0.1) is 0 Å². The Labute approximate surface area is 161 Å². The highest BCUT2D eigenvalue weighted by Crippen LogP contribution is 2.18. The van der Waals surface area contributed by atoms with Crippen molar-refractivity contribution in [3.8, 4) is 11.4 Å². The van der Waals surface area contributed by atoms with Crippen LogP contribution in [0.5, 0.6) is 0 Å². The molecular formula is C19H23N7O2. The highest BCUT2D eigenvalue weighted by Gasteiger charge is 2.14. The van der Waals surface area contributed by atoms with Crippen LogP contribution in [-0.4, -0.2) is 55.4 Å². The topological polar surface area (TPSA) is 97.9 Å². The van der Waals surface area contributed by atoms with E-state index in [-0.39, 0.29) is 11.2 Å². The highest BCUT2D eigenvalue weighted by molar-refractivity contribution is 5.71. The van der Waals surface area contributed by atoms with Crippen molar-refractivity contribution in [3.05, 3.63) is 45.1 Å². The summed E-state index contributed by atoms with van der Waals surface area (Å²) in [5.74, 6) is 0.354. The molecule has 1 fully saturated rings. The number of rotatable bonds is 5. The van der Waals surface area contributed by atoms with E-state index < -0.39 is 11.2 Å². The van der Waals surface area contributed by atoms with Crippen molar-refractivity contribution < 1.29 is 0 Å². The van der Waals surface area contributed by atoms with Crippen molar-refractivity contribution in [3.63, 3.8) is 0 Å². The van der Waals surface area contributed by atoms with Crippen LogP contribution in [0.25, 0.3) is 22.6 Å². The van der Waals surface area contributed by atoms with E-state index in [1.54, 1.807) is 7.05 Å². The van der Waals surface area contributed by atoms with Gasteiger partial charge in [-0.25, -0.2) is 9.78 Å². The molecule has 0 amide bonds. The molecule has 1 aliphatic rings. The molecule has 0 radical (unpaired) electrons. The molecule has 1 aromatic carbocycles. The van der Waals surface area contributed by atoms with Crippen molar-refractivity contribution in [1.82, 2.24) is 29.2 Å². The predicted octanol–water partition coefficient (Wildman–Crippen LogP) is 0.597. The van der Waals surface area contributed by atoms with Gasteiger partial charge in [-0.15, -0.1) is 10.2 Å². The second-order valence-corrected chi connectivity index (χ2v) is 7.07. The van der Waals surface area contributed by atoms with Crippen molar-refractivity contribution in [2.24, 2.45) is 14.1 Å². The Morgan fingerprint density at radius 3 is 2.43 bits per heavy atom. The van der Waals surface area contributed by atoms with Crippen LogP contribution in [0.15, 0.2) is 33.9 Å². The molecule has 9 nitrogen and oxygen atoms in total. The summed E-state index contributed by atoms with van der Waals surface area (Å²) in [4.78, 5) is 31.2. The lowest BCUT2D eigenvalue weighted by atomic mass is 10.2. The maximum atomic E-state index is 12.4. The number of likely N-dealkylation sites (tertiary alicyclic amines) is 1. The van der Waals surface area contributed by atoms with Crippen molar-refractivity contribution in [2.75, 3.05) is 31.5 Å². The van der Waals surface area contributed by atoms with Crippen molar-refractivity contribution in [1.29, 1.82) is 0 Å². The van der Waals surface area contributed by atoms with Crippen molar-refractivity contribution in [2.45, 2.75) is 12.8 Å². The van der Waals surface area contributed by atoms with Gasteiger partial charge in [-0.05, 0) is 50.2 Å². The molecule has 146 valence electrons. The maximum Gasteiger partial charge on any atom is 0.332 e. The minimum absolute atomic E-state index is 0.127. The smallest absolute Gasteiger partial charge is 0.332 e. The van der Waals surface area contributed by atoms with Gasteiger partial charge < -0.3 is 10.2 Å². The lowest BCUT2D eigenvalue weighted by Gasteiger charge is -2.15. The summed E-state index contributed by atoms with van der Waals surface area (Å²) in [6, 6.07) is 7.72. The zero-order valence-corrected chi connectivity index (χ0v) is 16.1. The van der Waals surface area contributed by atoms with Gasteiger partial charge in [-0.1, -0.05) is 0 Å². The van der Waals surface area contributed by atoms with Crippen LogP contribution < -0.4 is 16.6 Å². The van der Waals surface area contributed by atoms with Gasteiger partial charge in [-0.3, -0.25) is 13.9 Å². The monoisotopic (exact) mass is 381 g/mol. The van der Waals surface area contributed by atoms with E-state index in [2.05, 4.69) is 25.4 Å². The molecule has 1 saturated heterocycles. The predicted molar refractivity (Wildman–Crippen MR) is 107 cm³/mol. The van der Waals surface area contributed by atoms with Crippen LogP contribution in [0.3, 0.4) is 0 Å². The van der Waals surface area contributed by atoms with E-state index in [0.29, 0.717) is 5.82 Å². The number of hydrogen-bond acceptors (Lipinski definition) is 7. The van der Waals surface area contributed by atoms with E-state index in [9.17, 15) is 9.59 Å². The molecule has 0 bridgehead atoms. The van der Waals surface area contributed by atoms with Crippen LogP contribution >= 0.6 is 0 Å². The maximum absolute atomic E-state index is 12.4. The van der Waals surface area contributed by atoms with Gasteiger partial charge in [0, 0.05) is 38.4 Å². The Morgan fingerprint density at radius 1 is 1.00 bits per heavy atom. The van der Waals surface area contributed by atoms with Crippen molar-refractivity contribution >= 4 is 16.9 Å². The van der Waals surface area contributed by atoms with Gasteiger partial charge in [-0.2, -0.15) is 0 Å². The number of nitrogens with one attached hydrogen (secondary N) is 1. The fourth-order valence-electron chi connectivity index (χ4n) is 3.48. The molecule has 3 aromatic rings. The molecule has 0 saturated carbocycles. The average Bonchev–Trinajstić information content (AvgIpc) is 3.24. The van der Waals surface area contributed by atoms with Gasteiger partial charge in [0.15, 0.2) is 17.0 Å². The largest absolute Gasteiger partial charge is 0.384 e. The Kier molecular flexibility index (Phi) is 4.91. The molecule has 2 aromatic heterocycles. The number of benzene rings is 1. The summed E-state index contributed by atoms with van der Waals surface area (Å²) in [6.07, 6.45) is 2.59. The van der Waals surface area contributed by atoms with Crippen LogP contribution in [0.4, 0.5) is 5.69 Å². The summed E-state index contributed by atoms with van der Waals surface area (Å²) in [5, 5.41) is 11.6. The van der Waals surface area contributed by atoms with E-state index in [4.69, 9.17) is 0 Å². The summed E-state index contributed by atoms with van der Waals surface area (Å²) in [6.45, 7) is 4.33. The Balaban J connectivity index is 1.54. The summed E-state index contributed by atoms with van der Waals surface area (Å²) in [5.41, 5.74) is 1.16. The fourth-order valence-corrected chi connectivity index (χ4v) is 3.48. The molecule has 1 N–H and O–H groups in total. The summed E-state index contributed by atoms with van der Waals surface area (Å²) in [7, 11) is 2.97. The van der Waals surface area contributed by atoms with Crippen LogP contribution in [0.1, 0.15) is 12.8 Å². The second-order valence-electron chi connectivity index (χ2n) is 7.07. The van der Waals surface area contributed by atoms with Crippen LogP contribution in [0.2, 0.25) is 0 Å². The standard InChI is InChI=1S/C19H23N7O2/c1-24-17-15(18(27)25(2)19(24)28)21-16(22-23-17)13-5-7-14(8-6-13)20-9-12-26-10-3-4-11-26/h5-8,20H,3-4,9-12H2,1-2H3. The molecule has 0 spiro atoms. The molecule has 0 unspecified atom stereocenters. The molecule has 0 aliphatic carbocycles. The zero-order chi connectivity index (χ0) is 19.7. The average molecular weight is 381 g/mol. The Morgan fingerprint density at radius 2 is 1.71 bits per heavy atom. The SMILES string of the molecule is Cn1c(=O)c2nc(-c3ccc(NCCN4CCCC4)cc3)nnc2n(C)c1=O. The number of anilines is 1. The third-order valence-electron chi connectivity index (χ3n) is 5.17. The number of nitrogens with zero attached hydrogens (tertiary/aromatic N) is 6. The molecule has 3 heterocycles. The van der Waals surface area contributed by atoms with E-state index in [1.807, 2.05) is 24.3 Å². The highest BCUT2D eigenvalue weighted by atomic mass is 16.2.